The summed E-state index contributed by atoms with van der Waals surface area (Å²) in [6.07, 6.45) is 10.6. The van der Waals surface area contributed by atoms with Crippen molar-refractivity contribution >= 4 is 11.8 Å². The van der Waals surface area contributed by atoms with Crippen LogP contribution < -0.4 is 0 Å². The van der Waals surface area contributed by atoms with Crippen LogP contribution in [-0.4, -0.2) is 20.5 Å². The van der Waals surface area contributed by atoms with E-state index in [1.54, 1.807) is 18.1 Å². The largest absolute Gasteiger partial charge is 0.309 e. The normalized spacial score (nSPS) is 10.0. The monoisotopic (exact) mass is 209 g/mol. The highest BCUT2D eigenvalue weighted by atomic mass is 32.2. The number of unbranched alkanes of at least 4 members (excludes halogenated alkanes) is 2. The van der Waals surface area contributed by atoms with E-state index in [1.807, 2.05) is 0 Å². The Balaban J connectivity index is 2.42. The number of terminal acetylenes is 1. The summed E-state index contributed by atoms with van der Waals surface area (Å²) in [6, 6.07) is 0. The van der Waals surface area contributed by atoms with Crippen LogP contribution >= 0.6 is 11.8 Å². The van der Waals surface area contributed by atoms with Gasteiger partial charge in [-0.15, -0.1) is 16.6 Å². The Morgan fingerprint density at radius 3 is 3.14 bits per heavy atom. The Kier molecular flexibility index (Phi) is 5.16. The molecule has 0 saturated heterocycles. The third kappa shape index (κ3) is 3.43. The van der Waals surface area contributed by atoms with Crippen molar-refractivity contribution in [2.24, 2.45) is 0 Å². The molecule has 0 spiro atoms. The van der Waals surface area contributed by atoms with Crippen molar-refractivity contribution in [2.75, 3.05) is 5.75 Å². The quantitative estimate of drug-likeness (QED) is 0.409. The second-order valence-corrected chi connectivity index (χ2v) is 3.95. The van der Waals surface area contributed by atoms with Gasteiger partial charge in [0.1, 0.15) is 6.33 Å². The summed E-state index contributed by atoms with van der Waals surface area (Å²) < 4.78 is 2.07. The molecule has 4 heteroatoms. The first-order chi connectivity index (χ1) is 6.88. The second-order valence-electron chi connectivity index (χ2n) is 3.01. The first kappa shape index (κ1) is 11.1. The summed E-state index contributed by atoms with van der Waals surface area (Å²) >= 11 is 1.56. The van der Waals surface area contributed by atoms with E-state index in [0.717, 1.165) is 11.7 Å². The molecule has 0 unspecified atom stereocenters. The molecule has 76 valence electrons. The van der Waals surface area contributed by atoms with E-state index in [0.29, 0.717) is 5.75 Å². The van der Waals surface area contributed by atoms with Gasteiger partial charge < -0.3 is 4.57 Å². The topological polar surface area (TPSA) is 30.7 Å². The van der Waals surface area contributed by atoms with Gasteiger partial charge in [0, 0.05) is 6.54 Å². The van der Waals surface area contributed by atoms with Gasteiger partial charge in [-0.05, 0) is 6.42 Å². The lowest BCUT2D eigenvalue weighted by atomic mass is 10.2. The molecule has 1 rings (SSSR count). The zero-order valence-electron chi connectivity index (χ0n) is 8.44. The van der Waals surface area contributed by atoms with Crippen molar-refractivity contribution in [3.05, 3.63) is 6.33 Å². The standard InChI is InChI=1S/C10H15N3S/c1-3-5-6-7-13-9-11-12-10(13)14-8-4-2/h2,9H,3,5-8H2,1H3. The molecule has 0 radical (unpaired) electrons. The molecule has 0 aromatic carbocycles. The average Bonchev–Trinajstić information content (AvgIpc) is 2.63. The molecule has 1 aromatic rings. The molecule has 1 aromatic heterocycles. The Morgan fingerprint density at radius 1 is 1.57 bits per heavy atom. The number of rotatable bonds is 6. The molecule has 0 saturated carbocycles. The van der Waals surface area contributed by atoms with Crippen molar-refractivity contribution in [3.8, 4) is 12.3 Å². The van der Waals surface area contributed by atoms with E-state index in [4.69, 9.17) is 6.42 Å². The summed E-state index contributed by atoms with van der Waals surface area (Å²) in [5.74, 6) is 3.24. The molecule has 0 bridgehead atoms. The molecule has 0 aliphatic heterocycles. The average molecular weight is 209 g/mol. The lowest BCUT2D eigenvalue weighted by molar-refractivity contribution is 0.566. The minimum atomic E-state index is 0.659. The predicted molar refractivity (Wildman–Crippen MR) is 59.1 cm³/mol. The molecule has 14 heavy (non-hydrogen) atoms. The smallest absolute Gasteiger partial charge is 0.191 e. The maximum atomic E-state index is 5.19. The lowest BCUT2D eigenvalue weighted by Gasteiger charge is -2.03. The van der Waals surface area contributed by atoms with Gasteiger partial charge in [-0.25, -0.2) is 0 Å². The molecule has 0 aliphatic rings. The third-order valence-electron chi connectivity index (χ3n) is 1.87. The van der Waals surface area contributed by atoms with Gasteiger partial charge in [0.2, 0.25) is 0 Å². The zero-order chi connectivity index (χ0) is 10.2. The summed E-state index contributed by atoms with van der Waals surface area (Å²) in [6.45, 7) is 3.19. The Hall–Kier alpha value is -0.950. The highest BCUT2D eigenvalue weighted by Gasteiger charge is 2.02. The first-order valence-corrected chi connectivity index (χ1v) is 5.81. The third-order valence-corrected chi connectivity index (χ3v) is 2.75. The van der Waals surface area contributed by atoms with Crippen molar-refractivity contribution in [3.63, 3.8) is 0 Å². The van der Waals surface area contributed by atoms with E-state index in [1.165, 1.54) is 19.3 Å². The van der Waals surface area contributed by atoms with Gasteiger partial charge in [-0.1, -0.05) is 37.4 Å². The van der Waals surface area contributed by atoms with Crippen LogP contribution in [0.5, 0.6) is 0 Å². The number of aryl methyl sites for hydroxylation is 1. The molecule has 0 atom stereocenters. The molecule has 0 aliphatic carbocycles. The van der Waals surface area contributed by atoms with Crippen LogP contribution in [0.2, 0.25) is 0 Å². The number of aromatic nitrogens is 3. The Labute approximate surface area is 89.3 Å². The van der Waals surface area contributed by atoms with E-state index >= 15 is 0 Å². The van der Waals surface area contributed by atoms with Gasteiger partial charge in [-0.3, -0.25) is 0 Å². The second kappa shape index (κ2) is 6.50. The SMILES string of the molecule is C#CCSc1nncn1CCCCC. The van der Waals surface area contributed by atoms with Gasteiger partial charge in [0.25, 0.3) is 0 Å². The molecule has 0 fully saturated rings. The van der Waals surface area contributed by atoms with Crippen molar-refractivity contribution < 1.29 is 0 Å². The fourth-order valence-corrected chi connectivity index (χ4v) is 1.77. The minimum Gasteiger partial charge on any atom is -0.309 e. The molecular weight excluding hydrogens is 194 g/mol. The summed E-state index contributed by atoms with van der Waals surface area (Å²) in [4.78, 5) is 0. The number of nitrogens with zero attached hydrogens (tertiary/aromatic N) is 3. The van der Waals surface area contributed by atoms with Crippen LogP contribution in [0.25, 0.3) is 0 Å². The Morgan fingerprint density at radius 2 is 2.43 bits per heavy atom. The summed E-state index contributed by atoms with van der Waals surface area (Å²) in [7, 11) is 0. The number of hydrogen-bond acceptors (Lipinski definition) is 3. The highest BCUT2D eigenvalue weighted by molar-refractivity contribution is 7.99. The lowest BCUT2D eigenvalue weighted by Crippen LogP contribution is -1.98. The molecule has 3 nitrogen and oxygen atoms in total. The van der Waals surface area contributed by atoms with Crippen LogP contribution in [0.4, 0.5) is 0 Å². The maximum absolute atomic E-state index is 5.19. The highest BCUT2D eigenvalue weighted by Crippen LogP contribution is 2.14. The first-order valence-electron chi connectivity index (χ1n) is 4.82. The van der Waals surface area contributed by atoms with Gasteiger partial charge in [-0.2, -0.15) is 0 Å². The summed E-state index contributed by atoms with van der Waals surface area (Å²) in [5, 5.41) is 8.82. The molecule has 1 heterocycles. The van der Waals surface area contributed by atoms with Crippen LogP contribution in [0, 0.1) is 12.3 Å². The fourth-order valence-electron chi connectivity index (χ4n) is 1.15. The van der Waals surface area contributed by atoms with Crippen LogP contribution in [-0.2, 0) is 6.54 Å². The van der Waals surface area contributed by atoms with Gasteiger partial charge in [0.05, 0.1) is 5.75 Å². The number of thioether (sulfide) groups is 1. The maximum Gasteiger partial charge on any atom is 0.191 e. The fraction of sp³-hybridized carbons (Fsp3) is 0.600. The predicted octanol–water partition coefficient (Wildman–Crippen LogP) is 2.19. The van der Waals surface area contributed by atoms with Crippen molar-refractivity contribution in [1.82, 2.24) is 14.8 Å². The van der Waals surface area contributed by atoms with E-state index in [9.17, 15) is 0 Å². The van der Waals surface area contributed by atoms with Crippen molar-refractivity contribution in [2.45, 2.75) is 37.9 Å². The number of hydrogen-bond donors (Lipinski definition) is 0. The van der Waals surface area contributed by atoms with Gasteiger partial charge in [0.15, 0.2) is 5.16 Å². The van der Waals surface area contributed by atoms with Gasteiger partial charge >= 0.3 is 0 Å². The zero-order valence-corrected chi connectivity index (χ0v) is 9.26. The molecule has 0 N–H and O–H groups in total. The minimum absolute atomic E-state index is 0.659. The van der Waals surface area contributed by atoms with E-state index in [-0.39, 0.29) is 0 Å². The van der Waals surface area contributed by atoms with Crippen LogP contribution in [0.3, 0.4) is 0 Å². The van der Waals surface area contributed by atoms with E-state index in [2.05, 4.69) is 27.6 Å². The van der Waals surface area contributed by atoms with Crippen molar-refractivity contribution in [1.29, 1.82) is 0 Å². The van der Waals surface area contributed by atoms with Crippen LogP contribution in [0.1, 0.15) is 26.2 Å². The Bertz CT molecular complexity index is 301. The molecule has 0 amide bonds. The van der Waals surface area contributed by atoms with E-state index < -0.39 is 0 Å². The molecular formula is C10H15N3S. The van der Waals surface area contributed by atoms with Crippen LogP contribution in [0.15, 0.2) is 11.5 Å². The summed E-state index contributed by atoms with van der Waals surface area (Å²) in [5.41, 5.74) is 0.